The zero-order chi connectivity index (χ0) is 10.6. The minimum absolute atomic E-state index is 0.0128. The van der Waals surface area contributed by atoms with Gasteiger partial charge in [-0.3, -0.25) is 0 Å². The third-order valence-corrected chi connectivity index (χ3v) is 2.76. The molecule has 1 rings (SSSR count). The van der Waals surface area contributed by atoms with Crippen LogP contribution in [-0.2, 0) is 6.61 Å². The van der Waals surface area contributed by atoms with Gasteiger partial charge >= 0.3 is 0 Å². The van der Waals surface area contributed by atoms with Crippen LogP contribution in [-0.4, -0.2) is 11.7 Å². The number of aliphatic hydroxyl groups excluding tert-OH is 1. The number of aliphatic hydroxyl groups is 1. The molecule has 1 aromatic carbocycles. The Labute approximate surface area is 99.8 Å². The Balaban J connectivity index is 2.98. The second-order valence-electron chi connectivity index (χ2n) is 2.65. The molecule has 0 amide bonds. The van der Waals surface area contributed by atoms with Crippen molar-refractivity contribution in [2.45, 2.75) is 6.61 Å². The predicted molar refractivity (Wildman–Crippen MR) is 63.5 cm³/mol. The first kappa shape index (κ1) is 11.8. The van der Waals surface area contributed by atoms with Crippen molar-refractivity contribution in [2.24, 2.45) is 0 Å². The fourth-order valence-corrected chi connectivity index (χ4v) is 2.49. The average molecular weight is 322 g/mol. The van der Waals surface area contributed by atoms with E-state index in [-0.39, 0.29) is 6.61 Å². The summed E-state index contributed by atoms with van der Waals surface area (Å²) in [6.45, 7) is 4.04. The standard InChI is InChI=1S/C10H10Br2O2/c1-2-3-14-10-8(11)4-7(6-13)5-9(10)12/h2,4-5,13H,1,3,6H2. The van der Waals surface area contributed by atoms with Crippen LogP contribution in [0.1, 0.15) is 5.56 Å². The fraction of sp³-hybridized carbons (Fsp3) is 0.200. The Morgan fingerprint density at radius 3 is 2.36 bits per heavy atom. The molecular formula is C10H10Br2O2. The maximum atomic E-state index is 8.95. The van der Waals surface area contributed by atoms with Crippen LogP contribution in [0.15, 0.2) is 33.7 Å². The molecule has 76 valence electrons. The molecule has 0 spiro atoms. The van der Waals surface area contributed by atoms with Gasteiger partial charge in [-0.1, -0.05) is 12.7 Å². The van der Waals surface area contributed by atoms with Gasteiger partial charge in [0.1, 0.15) is 12.4 Å². The number of hydrogen-bond acceptors (Lipinski definition) is 2. The summed E-state index contributed by atoms with van der Waals surface area (Å²) in [7, 11) is 0. The van der Waals surface area contributed by atoms with Gasteiger partial charge in [-0.15, -0.1) is 0 Å². The summed E-state index contributed by atoms with van der Waals surface area (Å²) >= 11 is 6.74. The Morgan fingerprint density at radius 2 is 1.93 bits per heavy atom. The van der Waals surface area contributed by atoms with Gasteiger partial charge in [-0.05, 0) is 49.6 Å². The molecule has 0 aliphatic carbocycles. The molecule has 1 aromatic rings. The molecule has 0 saturated carbocycles. The molecule has 2 nitrogen and oxygen atoms in total. The molecule has 0 bridgehead atoms. The quantitative estimate of drug-likeness (QED) is 0.862. The summed E-state index contributed by atoms with van der Waals surface area (Å²) in [6, 6.07) is 3.65. The van der Waals surface area contributed by atoms with E-state index < -0.39 is 0 Å². The maximum Gasteiger partial charge on any atom is 0.148 e. The van der Waals surface area contributed by atoms with Crippen LogP contribution in [0.3, 0.4) is 0 Å². The number of benzene rings is 1. The van der Waals surface area contributed by atoms with E-state index in [2.05, 4.69) is 38.4 Å². The highest BCUT2D eigenvalue weighted by molar-refractivity contribution is 9.11. The van der Waals surface area contributed by atoms with E-state index in [1.807, 2.05) is 12.1 Å². The van der Waals surface area contributed by atoms with Crippen molar-refractivity contribution in [3.8, 4) is 5.75 Å². The molecule has 0 unspecified atom stereocenters. The number of halogens is 2. The second-order valence-corrected chi connectivity index (χ2v) is 4.36. The first-order valence-electron chi connectivity index (χ1n) is 4.01. The fourth-order valence-electron chi connectivity index (χ4n) is 0.984. The van der Waals surface area contributed by atoms with E-state index in [4.69, 9.17) is 9.84 Å². The SMILES string of the molecule is C=CCOc1c(Br)cc(CO)cc1Br. The van der Waals surface area contributed by atoms with Gasteiger partial charge in [0, 0.05) is 0 Å². The van der Waals surface area contributed by atoms with Gasteiger partial charge < -0.3 is 9.84 Å². The molecule has 0 fully saturated rings. The Hall–Kier alpha value is -0.320. The molecule has 0 saturated heterocycles. The summed E-state index contributed by atoms with van der Waals surface area (Å²) in [4.78, 5) is 0. The Kier molecular flexibility index (Phi) is 4.65. The molecule has 0 aromatic heterocycles. The smallest absolute Gasteiger partial charge is 0.148 e. The van der Waals surface area contributed by atoms with Gasteiger partial charge in [0.15, 0.2) is 0 Å². The van der Waals surface area contributed by atoms with E-state index in [9.17, 15) is 0 Å². The lowest BCUT2D eigenvalue weighted by Crippen LogP contribution is -1.96. The van der Waals surface area contributed by atoms with Crippen LogP contribution in [0.4, 0.5) is 0 Å². The number of ether oxygens (including phenoxy) is 1. The predicted octanol–water partition coefficient (Wildman–Crippen LogP) is 3.27. The van der Waals surface area contributed by atoms with E-state index >= 15 is 0 Å². The Bertz CT molecular complexity index is 314. The van der Waals surface area contributed by atoms with Crippen molar-refractivity contribution in [3.05, 3.63) is 39.3 Å². The molecule has 0 heterocycles. The van der Waals surface area contributed by atoms with Gasteiger partial charge in [-0.25, -0.2) is 0 Å². The van der Waals surface area contributed by atoms with E-state index in [0.29, 0.717) is 6.61 Å². The van der Waals surface area contributed by atoms with Crippen molar-refractivity contribution >= 4 is 31.9 Å². The molecule has 0 radical (unpaired) electrons. The lowest BCUT2D eigenvalue weighted by atomic mass is 10.2. The molecule has 14 heavy (non-hydrogen) atoms. The van der Waals surface area contributed by atoms with Crippen LogP contribution in [0.5, 0.6) is 5.75 Å². The number of hydrogen-bond donors (Lipinski definition) is 1. The molecule has 0 aliphatic rings. The summed E-state index contributed by atoms with van der Waals surface area (Å²) in [5, 5.41) is 8.95. The van der Waals surface area contributed by atoms with Crippen LogP contribution in [0.2, 0.25) is 0 Å². The van der Waals surface area contributed by atoms with Gasteiger partial charge in [0.05, 0.1) is 15.6 Å². The van der Waals surface area contributed by atoms with Crippen molar-refractivity contribution in [2.75, 3.05) is 6.61 Å². The van der Waals surface area contributed by atoms with Crippen LogP contribution >= 0.6 is 31.9 Å². The van der Waals surface area contributed by atoms with Crippen LogP contribution in [0.25, 0.3) is 0 Å². The van der Waals surface area contributed by atoms with Gasteiger partial charge in [0.25, 0.3) is 0 Å². The topological polar surface area (TPSA) is 29.5 Å². The maximum absolute atomic E-state index is 8.95. The first-order valence-corrected chi connectivity index (χ1v) is 5.60. The minimum Gasteiger partial charge on any atom is -0.487 e. The van der Waals surface area contributed by atoms with E-state index in [0.717, 1.165) is 20.3 Å². The van der Waals surface area contributed by atoms with Crippen molar-refractivity contribution in [1.82, 2.24) is 0 Å². The largest absolute Gasteiger partial charge is 0.487 e. The minimum atomic E-state index is 0.0128. The molecule has 4 heteroatoms. The van der Waals surface area contributed by atoms with Crippen LogP contribution < -0.4 is 4.74 Å². The highest BCUT2D eigenvalue weighted by Crippen LogP contribution is 2.34. The monoisotopic (exact) mass is 320 g/mol. The molecule has 0 aliphatic heterocycles. The van der Waals surface area contributed by atoms with Crippen LogP contribution in [0, 0.1) is 0 Å². The zero-order valence-corrected chi connectivity index (χ0v) is 10.6. The lowest BCUT2D eigenvalue weighted by Gasteiger charge is -2.09. The number of rotatable bonds is 4. The third-order valence-electron chi connectivity index (χ3n) is 1.59. The first-order chi connectivity index (χ1) is 6.69. The molecule has 0 atom stereocenters. The second kappa shape index (κ2) is 5.53. The van der Waals surface area contributed by atoms with E-state index in [1.54, 1.807) is 6.08 Å². The normalized spacial score (nSPS) is 9.93. The third kappa shape index (κ3) is 2.83. The molecular weight excluding hydrogens is 312 g/mol. The zero-order valence-electron chi connectivity index (χ0n) is 7.46. The highest BCUT2D eigenvalue weighted by atomic mass is 79.9. The van der Waals surface area contributed by atoms with E-state index in [1.165, 1.54) is 0 Å². The highest BCUT2D eigenvalue weighted by Gasteiger charge is 2.07. The van der Waals surface area contributed by atoms with Crippen molar-refractivity contribution < 1.29 is 9.84 Å². The van der Waals surface area contributed by atoms with Crippen molar-refractivity contribution in [1.29, 1.82) is 0 Å². The van der Waals surface area contributed by atoms with Gasteiger partial charge in [-0.2, -0.15) is 0 Å². The summed E-state index contributed by atoms with van der Waals surface area (Å²) in [5.41, 5.74) is 0.828. The summed E-state index contributed by atoms with van der Waals surface area (Å²) < 4.78 is 7.06. The molecule has 1 N–H and O–H groups in total. The van der Waals surface area contributed by atoms with Crippen molar-refractivity contribution in [3.63, 3.8) is 0 Å². The lowest BCUT2D eigenvalue weighted by molar-refractivity contribution is 0.281. The average Bonchev–Trinajstić information content (AvgIpc) is 2.16. The Morgan fingerprint density at radius 1 is 1.36 bits per heavy atom. The summed E-state index contributed by atoms with van der Waals surface area (Å²) in [5.74, 6) is 0.724. The summed E-state index contributed by atoms with van der Waals surface area (Å²) in [6.07, 6.45) is 1.68. The van der Waals surface area contributed by atoms with Gasteiger partial charge in [0.2, 0.25) is 0 Å².